The van der Waals surface area contributed by atoms with Crippen molar-refractivity contribution in [2.75, 3.05) is 31.1 Å². The lowest BCUT2D eigenvalue weighted by Crippen LogP contribution is -2.46. The monoisotopic (exact) mass is 282 g/mol. The Hall–Kier alpha value is -1.94. The van der Waals surface area contributed by atoms with Crippen LogP contribution in [0.3, 0.4) is 0 Å². The van der Waals surface area contributed by atoms with E-state index in [4.69, 9.17) is 0 Å². The quantitative estimate of drug-likeness (QED) is 0.865. The van der Waals surface area contributed by atoms with Crippen molar-refractivity contribution < 1.29 is 0 Å². The standard InChI is InChI=1S/C17H22N4/c1-14-12-17(19-18-15(14)2)21-10-8-20(9-11-21)13-16-6-4-3-5-7-16/h3-7,12H,8-11,13H2,1-2H3. The first-order valence-corrected chi connectivity index (χ1v) is 7.54. The molecule has 1 aliphatic heterocycles. The van der Waals surface area contributed by atoms with Gasteiger partial charge in [-0.1, -0.05) is 30.3 Å². The molecule has 0 spiro atoms. The highest BCUT2D eigenvalue weighted by Gasteiger charge is 2.18. The third-order valence-electron chi connectivity index (χ3n) is 4.16. The summed E-state index contributed by atoms with van der Waals surface area (Å²) in [5.41, 5.74) is 3.62. The Kier molecular flexibility index (Phi) is 4.15. The molecule has 4 heteroatoms. The lowest BCUT2D eigenvalue weighted by Gasteiger charge is -2.35. The zero-order chi connectivity index (χ0) is 14.7. The van der Waals surface area contributed by atoms with E-state index in [2.05, 4.69) is 63.3 Å². The molecule has 21 heavy (non-hydrogen) atoms. The number of rotatable bonds is 3. The fraction of sp³-hybridized carbons (Fsp3) is 0.412. The molecule has 0 bridgehead atoms. The molecule has 0 N–H and O–H groups in total. The second-order valence-electron chi connectivity index (χ2n) is 5.72. The Labute approximate surface area is 126 Å². The average molecular weight is 282 g/mol. The molecule has 0 saturated carbocycles. The number of anilines is 1. The van der Waals surface area contributed by atoms with E-state index in [1.807, 2.05) is 6.92 Å². The Morgan fingerprint density at radius 1 is 0.952 bits per heavy atom. The molecule has 110 valence electrons. The Morgan fingerprint density at radius 2 is 1.67 bits per heavy atom. The molecule has 2 heterocycles. The molecular weight excluding hydrogens is 260 g/mol. The summed E-state index contributed by atoms with van der Waals surface area (Å²) in [5.74, 6) is 1.01. The van der Waals surface area contributed by atoms with Crippen molar-refractivity contribution in [3.8, 4) is 0 Å². The molecule has 4 nitrogen and oxygen atoms in total. The molecule has 1 aromatic carbocycles. The number of nitrogens with zero attached hydrogens (tertiary/aromatic N) is 4. The van der Waals surface area contributed by atoms with Crippen molar-refractivity contribution >= 4 is 5.82 Å². The normalized spacial score (nSPS) is 16.2. The molecule has 2 aromatic rings. The van der Waals surface area contributed by atoms with E-state index in [1.54, 1.807) is 0 Å². The molecule has 0 amide bonds. The fourth-order valence-corrected chi connectivity index (χ4v) is 2.66. The highest BCUT2D eigenvalue weighted by Crippen LogP contribution is 2.16. The van der Waals surface area contributed by atoms with Crippen LogP contribution in [0.2, 0.25) is 0 Å². The minimum absolute atomic E-state index is 1.01. The fourth-order valence-electron chi connectivity index (χ4n) is 2.66. The molecular formula is C17H22N4. The van der Waals surface area contributed by atoms with Crippen LogP contribution >= 0.6 is 0 Å². The summed E-state index contributed by atoms with van der Waals surface area (Å²) >= 11 is 0. The van der Waals surface area contributed by atoms with Gasteiger partial charge in [0.05, 0.1) is 5.69 Å². The summed E-state index contributed by atoms with van der Waals surface area (Å²) < 4.78 is 0. The van der Waals surface area contributed by atoms with Gasteiger partial charge in [-0.25, -0.2) is 0 Å². The summed E-state index contributed by atoms with van der Waals surface area (Å²) in [7, 11) is 0. The maximum Gasteiger partial charge on any atom is 0.151 e. The Balaban J connectivity index is 1.58. The maximum atomic E-state index is 4.33. The van der Waals surface area contributed by atoms with Crippen molar-refractivity contribution in [1.29, 1.82) is 0 Å². The van der Waals surface area contributed by atoms with Gasteiger partial charge in [0.25, 0.3) is 0 Å². The van der Waals surface area contributed by atoms with Crippen LogP contribution in [0.4, 0.5) is 5.82 Å². The minimum Gasteiger partial charge on any atom is -0.353 e. The van der Waals surface area contributed by atoms with Crippen LogP contribution in [0.15, 0.2) is 36.4 Å². The van der Waals surface area contributed by atoms with E-state index in [1.165, 1.54) is 11.1 Å². The van der Waals surface area contributed by atoms with Crippen molar-refractivity contribution in [1.82, 2.24) is 15.1 Å². The van der Waals surface area contributed by atoms with Crippen molar-refractivity contribution in [2.24, 2.45) is 0 Å². The van der Waals surface area contributed by atoms with Gasteiger partial charge >= 0.3 is 0 Å². The summed E-state index contributed by atoms with van der Waals surface area (Å²) in [6.07, 6.45) is 0. The van der Waals surface area contributed by atoms with Crippen LogP contribution in [-0.4, -0.2) is 41.3 Å². The molecule has 1 aliphatic rings. The molecule has 0 radical (unpaired) electrons. The van der Waals surface area contributed by atoms with E-state index in [0.29, 0.717) is 0 Å². The maximum absolute atomic E-state index is 4.33. The van der Waals surface area contributed by atoms with E-state index < -0.39 is 0 Å². The first-order valence-electron chi connectivity index (χ1n) is 7.54. The molecule has 0 atom stereocenters. The van der Waals surface area contributed by atoms with Crippen molar-refractivity contribution in [3.63, 3.8) is 0 Å². The topological polar surface area (TPSA) is 32.3 Å². The van der Waals surface area contributed by atoms with E-state index in [9.17, 15) is 0 Å². The average Bonchev–Trinajstić information content (AvgIpc) is 2.52. The van der Waals surface area contributed by atoms with E-state index >= 15 is 0 Å². The van der Waals surface area contributed by atoms with Gasteiger partial charge in [-0.2, -0.15) is 5.10 Å². The smallest absolute Gasteiger partial charge is 0.151 e. The SMILES string of the molecule is Cc1cc(N2CCN(Cc3ccccc3)CC2)nnc1C. The third-order valence-corrected chi connectivity index (χ3v) is 4.16. The number of piperazine rings is 1. The lowest BCUT2D eigenvalue weighted by atomic mass is 10.2. The molecule has 1 aromatic heterocycles. The molecule has 1 fully saturated rings. The van der Waals surface area contributed by atoms with Crippen molar-refractivity contribution in [2.45, 2.75) is 20.4 Å². The van der Waals surface area contributed by atoms with Gasteiger partial charge in [0.15, 0.2) is 5.82 Å². The lowest BCUT2D eigenvalue weighted by molar-refractivity contribution is 0.249. The summed E-state index contributed by atoms with van der Waals surface area (Å²) in [5, 5.41) is 8.56. The number of hydrogen-bond acceptors (Lipinski definition) is 4. The zero-order valence-electron chi connectivity index (χ0n) is 12.8. The summed E-state index contributed by atoms with van der Waals surface area (Å²) in [6, 6.07) is 12.8. The van der Waals surface area contributed by atoms with Crippen LogP contribution in [-0.2, 0) is 6.54 Å². The minimum atomic E-state index is 1.01. The predicted molar refractivity (Wildman–Crippen MR) is 85.4 cm³/mol. The van der Waals surface area contributed by atoms with Crippen LogP contribution in [0.5, 0.6) is 0 Å². The number of aromatic nitrogens is 2. The molecule has 1 saturated heterocycles. The highest BCUT2D eigenvalue weighted by molar-refractivity contribution is 5.41. The van der Waals surface area contributed by atoms with Crippen LogP contribution in [0.1, 0.15) is 16.8 Å². The van der Waals surface area contributed by atoms with Gasteiger partial charge in [-0.3, -0.25) is 4.90 Å². The van der Waals surface area contributed by atoms with Gasteiger partial charge in [0.1, 0.15) is 0 Å². The van der Waals surface area contributed by atoms with Crippen LogP contribution in [0.25, 0.3) is 0 Å². The second kappa shape index (κ2) is 6.22. The van der Waals surface area contributed by atoms with Gasteiger partial charge in [-0.05, 0) is 31.0 Å². The van der Waals surface area contributed by atoms with Gasteiger partial charge < -0.3 is 4.90 Å². The van der Waals surface area contributed by atoms with E-state index in [-0.39, 0.29) is 0 Å². The summed E-state index contributed by atoms with van der Waals surface area (Å²) in [4.78, 5) is 4.83. The summed E-state index contributed by atoms with van der Waals surface area (Å²) in [6.45, 7) is 9.32. The Morgan fingerprint density at radius 3 is 2.33 bits per heavy atom. The number of benzene rings is 1. The number of hydrogen-bond donors (Lipinski definition) is 0. The first kappa shape index (κ1) is 14.0. The largest absolute Gasteiger partial charge is 0.353 e. The molecule has 0 aliphatic carbocycles. The first-order chi connectivity index (χ1) is 10.2. The highest BCUT2D eigenvalue weighted by atomic mass is 15.3. The number of aryl methyl sites for hydroxylation is 2. The van der Waals surface area contributed by atoms with Crippen LogP contribution in [0, 0.1) is 13.8 Å². The van der Waals surface area contributed by atoms with Gasteiger partial charge in [0, 0.05) is 32.7 Å². The van der Waals surface area contributed by atoms with E-state index in [0.717, 1.165) is 44.2 Å². The second-order valence-corrected chi connectivity index (χ2v) is 5.72. The van der Waals surface area contributed by atoms with Crippen molar-refractivity contribution in [3.05, 3.63) is 53.2 Å². The molecule has 0 unspecified atom stereocenters. The van der Waals surface area contributed by atoms with Gasteiger partial charge in [0.2, 0.25) is 0 Å². The molecule has 3 rings (SSSR count). The van der Waals surface area contributed by atoms with Crippen LogP contribution < -0.4 is 4.90 Å². The van der Waals surface area contributed by atoms with Gasteiger partial charge in [-0.15, -0.1) is 5.10 Å². The Bertz CT molecular complexity index is 589. The predicted octanol–water partition coefficient (Wildman–Crippen LogP) is 2.42. The zero-order valence-corrected chi connectivity index (χ0v) is 12.8. The third kappa shape index (κ3) is 3.39.